The summed E-state index contributed by atoms with van der Waals surface area (Å²) in [6.45, 7) is 3.31. The molecule has 0 saturated carbocycles. The summed E-state index contributed by atoms with van der Waals surface area (Å²) in [6.07, 6.45) is 1.42. The molecule has 1 aromatic carbocycles. The molecule has 0 aliphatic carbocycles. The molecule has 0 saturated heterocycles. The average molecular weight is 236 g/mol. The number of ether oxygens (including phenoxy) is 1. The summed E-state index contributed by atoms with van der Waals surface area (Å²) in [7, 11) is 1.28. The normalized spacial score (nSPS) is 10.1. The number of Topliss-reactive ketones (excluding diaryl/α,β-unsaturated/α-hetero) is 1. The van der Waals surface area contributed by atoms with Crippen LogP contribution in [0.15, 0.2) is 12.1 Å². The third kappa shape index (κ3) is 2.84. The predicted molar refractivity (Wildman–Crippen MR) is 63.4 cm³/mol. The number of ketones is 1. The molecule has 17 heavy (non-hydrogen) atoms. The average Bonchev–Trinajstić information content (AvgIpc) is 2.30. The van der Waals surface area contributed by atoms with E-state index in [9.17, 15) is 14.7 Å². The molecule has 0 unspecified atom stereocenters. The number of carbonyl (C=O) groups is 2. The highest BCUT2D eigenvalue weighted by atomic mass is 16.5. The molecule has 0 radical (unpaired) electrons. The lowest BCUT2D eigenvalue weighted by atomic mass is 9.99. The standard InChI is InChI=1S/C13H16O4/c1-4-5-9-6-10(13(16)17-3)7-11(8(2)14)12(9)15/h6-7,15H,4-5H2,1-3H3. The zero-order chi connectivity index (χ0) is 13.0. The molecule has 92 valence electrons. The van der Waals surface area contributed by atoms with Crippen LogP contribution in [0.3, 0.4) is 0 Å². The molecule has 0 heterocycles. The molecule has 0 fully saturated rings. The highest BCUT2D eigenvalue weighted by Gasteiger charge is 2.16. The van der Waals surface area contributed by atoms with Crippen LogP contribution in [0, 0.1) is 0 Å². The smallest absolute Gasteiger partial charge is 0.337 e. The van der Waals surface area contributed by atoms with Gasteiger partial charge in [0, 0.05) is 0 Å². The molecular weight excluding hydrogens is 220 g/mol. The minimum atomic E-state index is -0.509. The van der Waals surface area contributed by atoms with Crippen LogP contribution in [-0.4, -0.2) is 24.0 Å². The van der Waals surface area contributed by atoms with Crippen molar-refractivity contribution in [2.75, 3.05) is 7.11 Å². The second kappa shape index (κ2) is 5.48. The summed E-state index contributed by atoms with van der Waals surface area (Å²) in [6, 6.07) is 2.93. The Kier molecular flexibility index (Phi) is 4.26. The third-order valence-corrected chi connectivity index (χ3v) is 2.51. The van der Waals surface area contributed by atoms with Crippen LogP contribution >= 0.6 is 0 Å². The van der Waals surface area contributed by atoms with Crippen molar-refractivity contribution in [3.8, 4) is 5.75 Å². The number of hydrogen-bond acceptors (Lipinski definition) is 4. The maximum atomic E-state index is 11.4. The van der Waals surface area contributed by atoms with Gasteiger partial charge in [-0.05, 0) is 31.0 Å². The maximum Gasteiger partial charge on any atom is 0.337 e. The van der Waals surface area contributed by atoms with Crippen molar-refractivity contribution in [3.63, 3.8) is 0 Å². The zero-order valence-electron chi connectivity index (χ0n) is 10.2. The minimum absolute atomic E-state index is 0.0352. The molecule has 0 bridgehead atoms. The highest BCUT2D eigenvalue weighted by molar-refractivity contribution is 6.00. The van der Waals surface area contributed by atoms with Crippen LogP contribution in [0.1, 0.15) is 46.5 Å². The van der Waals surface area contributed by atoms with Crippen LogP contribution in [0.25, 0.3) is 0 Å². The molecule has 0 spiro atoms. The zero-order valence-corrected chi connectivity index (χ0v) is 10.2. The van der Waals surface area contributed by atoms with Gasteiger partial charge in [0.25, 0.3) is 0 Å². The van der Waals surface area contributed by atoms with Crippen LogP contribution in [0.4, 0.5) is 0 Å². The number of phenolic OH excluding ortho intramolecular Hbond substituents is 1. The molecule has 1 N–H and O–H groups in total. The molecule has 0 amide bonds. The monoisotopic (exact) mass is 236 g/mol. The number of phenols is 1. The van der Waals surface area contributed by atoms with E-state index >= 15 is 0 Å². The number of carbonyl (C=O) groups excluding carboxylic acids is 2. The maximum absolute atomic E-state index is 11.4. The van der Waals surface area contributed by atoms with Gasteiger partial charge in [-0.15, -0.1) is 0 Å². The Morgan fingerprint density at radius 3 is 2.47 bits per heavy atom. The number of aromatic hydroxyl groups is 1. The van der Waals surface area contributed by atoms with E-state index in [1.807, 2.05) is 6.92 Å². The van der Waals surface area contributed by atoms with Gasteiger partial charge in [0.15, 0.2) is 5.78 Å². The summed E-state index contributed by atoms with van der Waals surface area (Å²) in [5.74, 6) is -0.817. The molecule has 0 aliphatic heterocycles. The Morgan fingerprint density at radius 1 is 1.35 bits per heavy atom. The first-order chi connectivity index (χ1) is 8.01. The second-order valence-corrected chi connectivity index (χ2v) is 3.83. The van der Waals surface area contributed by atoms with E-state index in [-0.39, 0.29) is 17.1 Å². The van der Waals surface area contributed by atoms with E-state index in [1.165, 1.54) is 20.1 Å². The van der Waals surface area contributed by atoms with Crippen molar-refractivity contribution in [2.24, 2.45) is 0 Å². The third-order valence-electron chi connectivity index (χ3n) is 2.51. The van der Waals surface area contributed by atoms with Crippen molar-refractivity contribution in [1.29, 1.82) is 0 Å². The number of rotatable bonds is 4. The number of methoxy groups -OCH3 is 1. The van der Waals surface area contributed by atoms with Gasteiger partial charge in [0.2, 0.25) is 0 Å². The molecule has 4 heteroatoms. The lowest BCUT2D eigenvalue weighted by molar-refractivity contribution is 0.0600. The van der Waals surface area contributed by atoms with E-state index in [2.05, 4.69) is 4.74 Å². The fourth-order valence-corrected chi connectivity index (χ4v) is 1.66. The summed E-state index contributed by atoms with van der Waals surface area (Å²) in [4.78, 5) is 22.8. The number of esters is 1. The molecule has 1 aromatic rings. The van der Waals surface area contributed by atoms with Gasteiger partial charge in [-0.25, -0.2) is 4.79 Å². The highest BCUT2D eigenvalue weighted by Crippen LogP contribution is 2.26. The number of benzene rings is 1. The number of hydrogen-bond donors (Lipinski definition) is 1. The summed E-state index contributed by atoms with van der Waals surface area (Å²) < 4.78 is 4.61. The lowest BCUT2D eigenvalue weighted by Crippen LogP contribution is -2.06. The van der Waals surface area contributed by atoms with Crippen LogP contribution in [0.5, 0.6) is 5.75 Å². The van der Waals surface area contributed by atoms with Crippen LogP contribution < -0.4 is 0 Å². The van der Waals surface area contributed by atoms with Gasteiger partial charge in [-0.2, -0.15) is 0 Å². The van der Waals surface area contributed by atoms with Crippen molar-refractivity contribution in [1.82, 2.24) is 0 Å². The van der Waals surface area contributed by atoms with E-state index in [4.69, 9.17) is 0 Å². The van der Waals surface area contributed by atoms with Gasteiger partial charge in [0.05, 0.1) is 18.2 Å². The Hall–Kier alpha value is -1.84. The Bertz CT molecular complexity index is 449. The van der Waals surface area contributed by atoms with Crippen molar-refractivity contribution in [3.05, 3.63) is 28.8 Å². The molecule has 4 nitrogen and oxygen atoms in total. The fourth-order valence-electron chi connectivity index (χ4n) is 1.66. The van der Waals surface area contributed by atoms with Gasteiger partial charge < -0.3 is 9.84 Å². The Morgan fingerprint density at radius 2 is 2.00 bits per heavy atom. The van der Waals surface area contributed by atoms with Gasteiger partial charge in [-0.3, -0.25) is 4.79 Å². The van der Waals surface area contributed by atoms with Gasteiger partial charge >= 0.3 is 5.97 Å². The van der Waals surface area contributed by atoms with Crippen LogP contribution in [-0.2, 0) is 11.2 Å². The molecular formula is C13H16O4. The first-order valence-corrected chi connectivity index (χ1v) is 5.46. The minimum Gasteiger partial charge on any atom is -0.507 e. The quantitative estimate of drug-likeness (QED) is 0.643. The molecule has 0 aromatic heterocycles. The second-order valence-electron chi connectivity index (χ2n) is 3.83. The van der Waals surface area contributed by atoms with E-state index in [1.54, 1.807) is 6.07 Å². The molecule has 1 rings (SSSR count). The van der Waals surface area contributed by atoms with Crippen molar-refractivity contribution in [2.45, 2.75) is 26.7 Å². The largest absolute Gasteiger partial charge is 0.507 e. The van der Waals surface area contributed by atoms with Gasteiger partial charge in [0.1, 0.15) is 5.75 Å². The van der Waals surface area contributed by atoms with E-state index in [0.717, 1.165) is 6.42 Å². The molecule has 0 atom stereocenters. The summed E-state index contributed by atoms with van der Waals surface area (Å²) in [5, 5.41) is 9.90. The van der Waals surface area contributed by atoms with Crippen molar-refractivity contribution < 1.29 is 19.4 Å². The van der Waals surface area contributed by atoms with Gasteiger partial charge in [-0.1, -0.05) is 13.3 Å². The van der Waals surface area contributed by atoms with E-state index < -0.39 is 5.97 Å². The SMILES string of the molecule is CCCc1cc(C(=O)OC)cc(C(C)=O)c1O. The first-order valence-electron chi connectivity index (χ1n) is 5.46. The lowest BCUT2D eigenvalue weighted by Gasteiger charge is -2.10. The summed E-state index contributed by atoms with van der Waals surface area (Å²) >= 11 is 0. The van der Waals surface area contributed by atoms with Crippen LogP contribution in [0.2, 0.25) is 0 Å². The summed E-state index contributed by atoms with van der Waals surface area (Å²) in [5.41, 5.74) is 1.05. The van der Waals surface area contributed by atoms with Crippen molar-refractivity contribution >= 4 is 11.8 Å². The predicted octanol–water partition coefficient (Wildman–Crippen LogP) is 2.33. The molecule has 0 aliphatic rings. The number of aryl methyl sites for hydroxylation is 1. The van der Waals surface area contributed by atoms with E-state index in [0.29, 0.717) is 17.5 Å². The fraction of sp³-hybridized carbons (Fsp3) is 0.385. The Balaban J connectivity index is 3.36. The topological polar surface area (TPSA) is 63.6 Å². The first kappa shape index (κ1) is 13.2. The Labute approximate surface area is 100 Å².